The topological polar surface area (TPSA) is 47.3 Å². The molecule has 0 heterocycles. The number of aryl methyl sites for hydroxylation is 1. The van der Waals surface area contributed by atoms with Crippen molar-refractivity contribution in [1.82, 2.24) is 5.32 Å². The first-order valence-corrected chi connectivity index (χ1v) is 7.04. The molecule has 0 spiro atoms. The minimum atomic E-state index is 0.139. The van der Waals surface area contributed by atoms with Crippen LogP contribution in [0, 0.1) is 12.3 Å². The molecule has 0 aliphatic heterocycles. The molecule has 0 aromatic heterocycles. The number of nitrogens with two attached hydrogens (primary N) is 1. The highest BCUT2D eigenvalue weighted by Crippen LogP contribution is 2.31. The fraction of sp³-hybridized carbons (Fsp3) is 0.625. The first-order valence-electron chi connectivity index (χ1n) is 7.04. The summed E-state index contributed by atoms with van der Waals surface area (Å²) in [5.74, 6) is 0.971. The Hall–Kier alpha value is -1.06. The fourth-order valence-electron chi connectivity index (χ4n) is 2.23. The van der Waals surface area contributed by atoms with Gasteiger partial charge in [0.15, 0.2) is 0 Å². The summed E-state index contributed by atoms with van der Waals surface area (Å²) in [5, 5.41) is 3.39. The van der Waals surface area contributed by atoms with E-state index in [0.717, 1.165) is 12.2 Å². The van der Waals surface area contributed by atoms with Crippen molar-refractivity contribution in [2.75, 3.05) is 20.2 Å². The van der Waals surface area contributed by atoms with Gasteiger partial charge in [-0.2, -0.15) is 0 Å². The molecule has 3 nitrogen and oxygen atoms in total. The van der Waals surface area contributed by atoms with Crippen LogP contribution in [-0.4, -0.2) is 20.2 Å². The van der Waals surface area contributed by atoms with Gasteiger partial charge in [-0.15, -0.1) is 0 Å². The van der Waals surface area contributed by atoms with Crippen molar-refractivity contribution in [1.29, 1.82) is 0 Å². The first kappa shape index (κ1) is 16.0. The van der Waals surface area contributed by atoms with E-state index in [1.807, 2.05) is 14.0 Å². The molecule has 3 N–H and O–H groups in total. The molecule has 3 heteroatoms. The summed E-state index contributed by atoms with van der Waals surface area (Å²) in [5.41, 5.74) is 8.45. The zero-order chi connectivity index (χ0) is 14.5. The molecule has 19 heavy (non-hydrogen) atoms. The summed E-state index contributed by atoms with van der Waals surface area (Å²) in [4.78, 5) is 0. The lowest BCUT2D eigenvalue weighted by molar-refractivity contribution is 0.298. The van der Waals surface area contributed by atoms with E-state index in [1.54, 1.807) is 0 Å². The third kappa shape index (κ3) is 4.51. The van der Waals surface area contributed by atoms with Gasteiger partial charge in [-0.1, -0.05) is 26.0 Å². The second-order valence-electron chi connectivity index (χ2n) is 5.87. The highest BCUT2D eigenvalue weighted by molar-refractivity contribution is 5.37. The lowest BCUT2D eigenvalue weighted by Gasteiger charge is -2.29. The standard InChI is InChI=1S/C16H28N2O/c1-6-19-15-8-7-13(9-12(15)2)14(18-5)10-16(3,4)11-17/h7-9,14,18H,6,10-11,17H2,1-5H3. The van der Waals surface area contributed by atoms with Gasteiger partial charge in [0.1, 0.15) is 5.75 Å². The molecular weight excluding hydrogens is 236 g/mol. The minimum Gasteiger partial charge on any atom is -0.494 e. The lowest BCUT2D eigenvalue weighted by Crippen LogP contribution is -2.30. The summed E-state index contributed by atoms with van der Waals surface area (Å²) in [6.45, 7) is 9.91. The van der Waals surface area contributed by atoms with Gasteiger partial charge >= 0.3 is 0 Å². The normalized spacial score (nSPS) is 13.4. The highest BCUT2D eigenvalue weighted by atomic mass is 16.5. The number of rotatable bonds is 7. The molecule has 0 amide bonds. The van der Waals surface area contributed by atoms with E-state index >= 15 is 0 Å². The predicted molar refractivity (Wildman–Crippen MR) is 81.6 cm³/mol. The zero-order valence-corrected chi connectivity index (χ0v) is 12.9. The Bertz CT molecular complexity index is 402. The van der Waals surface area contributed by atoms with Gasteiger partial charge in [0.2, 0.25) is 0 Å². The van der Waals surface area contributed by atoms with E-state index in [2.05, 4.69) is 44.3 Å². The van der Waals surface area contributed by atoms with E-state index in [9.17, 15) is 0 Å². The van der Waals surface area contributed by atoms with E-state index in [1.165, 1.54) is 11.1 Å². The molecule has 1 aromatic carbocycles. The maximum Gasteiger partial charge on any atom is 0.122 e. The Balaban J connectivity index is 2.90. The predicted octanol–water partition coefficient (Wildman–Crippen LogP) is 3.03. The molecule has 0 saturated heterocycles. The van der Waals surface area contributed by atoms with Crippen LogP contribution in [0.5, 0.6) is 5.75 Å². The van der Waals surface area contributed by atoms with Crippen molar-refractivity contribution in [3.63, 3.8) is 0 Å². The lowest BCUT2D eigenvalue weighted by atomic mass is 9.83. The zero-order valence-electron chi connectivity index (χ0n) is 12.9. The summed E-state index contributed by atoms with van der Waals surface area (Å²) in [6.07, 6.45) is 1.02. The Morgan fingerprint density at radius 2 is 2.05 bits per heavy atom. The van der Waals surface area contributed by atoms with Crippen LogP contribution in [0.15, 0.2) is 18.2 Å². The smallest absolute Gasteiger partial charge is 0.122 e. The molecule has 1 rings (SSSR count). The second-order valence-corrected chi connectivity index (χ2v) is 5.87. The third-order valence-electron chi connectivity index (χ3n) is 3.56. The van der Waals surface area contributed by atoms with Crippen LogP contribution in [0.25, 0.3) is 0 Å². The van der Waals surface area contributed by atoms with Gasteiger partial charge in [-0.05, 0) is 56.5 Å². The van der Waals surface area contributed by atoms with Gasteiger partial charge < -0.3 is 15.8 Å². The van der Waals surface area contributed by atoms with E-state index in [-0.39, 0.29) is 5.41 Å². The Morgan fingerprint density at radius 1 is 1.37 bits per heavy atom. The summed E-state index contributed by atoms with van der Waals surface area (Å²) >= 11 is 0. The quantitative estimate of drug-likeness (QED) is 0.796. The van der Waals surface area contributed by atoms with Crippen LogP contribution in [0.1, 0.15) is 44.4 Å². The summed E-state index contributed by atoms with van der Waals surface area (Å²) in [6, 6.07) is 6.74. The molecule has 0 bridgehead atoms. The monoisotopic (exact) mass is 264 g/mol. The first-order chi connectivity index (χ1) is 8.93. The summed E-state index contributed by atoms with van der Waals surface area (Å²) < 4.78 is 5.59. The van der Waals surface area contributed by atoms with Crippen molar-refractivity contribution in [3.05, 3.63) is 29.3 Å². The number of nitrogens with one attached hydrogen (secondary N) is 1. The van der Waals surface area contributed by atoms with Gasteiger partial charge in [-0.3, -0.25) is 0 Å². The van der Waals surface area contributed by atoms with E-state index in [0.29, 0.717) is 19.2 Å². The van der Waals surface area contributed by atoms with Crippen molar-refractivity contribution in [2.45, 2.75) is 40.2 Å². The molecule has 1 unspecified atom stereocenters. The van der Waals surface area contributed by atoms with E-state index in [4.69, 9.17) is 10.5 Å². The second kappa shape index (κ2) is 6.92. The molecule has 0 saturated carbocycles. The SMILES string of the molecule is CCOc1ccc(C(CC(C)(C)CN)NC)cc1C. The van der Waals surface area contributed by atoms with Crippen LogP contribution in [0.2, 0.25) is 0 Å². The van der Waals surface area contributed by atoms with Crippen LogP contribution in [0.3, 0.4) is 0 Å². The Labute approximate surface area is 117 Å². The highest BCUT2D eigenvalue weighted by Gasteiger charge is 2.22. The van der Waals surface area contributed by atoms with Crippen molar-refractivity contribution >= 4 is 0 Å². The molecule has 1 aromatic rings. The molecule has 0 aliphatic rings. The van der Waals surface area contributed by atoms with Crippen LogP contribution >= 0.6 is 0 Å². The fourth-order valence-corrected chi connectivity index (χ4v) is 2.23. The largest absolute Gasteiger partial charge is 0.494 e. The van der Waals surface area contributed by atoms with Gasteiger partial charge in [0.05, 0.1) is 6.61 Å². The maximum atomic E-state index is 5.83. The molecule has 0 fully saturated rings. The third-order valence-corrected chi connectivity index (χ3v) is 3.56. The molecule has 0 aliphatic carbocycles. The Kier molecular flexibility index (Phi) is 5.83. The average molecular weight is 264 g/mol. The number of hydrogen-bond acceptors (Lipinski definition) is 3. The van der Waals surface area contributed by atoms with Crippen molar-refractivity contribution < 1.29 is 4.74 Å². The average Bonchev–Trinajstić information content (AvgIpc) is 2.39. The molecular formula is C16H28N2O. The van der Waals surface area contributed by atoms with Crippen LogP contribution in [-0.2, 0) is 0 Å². The van der Waals surface area contributed by atoms with Gasteiger partial charge in [0.25, 0.3) is 0 Å². The summed E-state index contributed by atoms with van der Waals surface area (Å²) in [7, 11) is 2.00. The molecule has 108 valence electrons. The van der Waals surface area contributed by atoms with Crippen molar-refractivity contribution in [2.24, 2.45) is 11.1 Å². The molecule has 1 atom stereocenters. The minimum absolute atomic E-state index is 0.139. The molecule has 0 radical (unpaired) electrons. The van der Waals surface area contributed by atoms with Crippen molar-refractivity contribution in [3.8, 4) is 5.75 Å². The van der Waals surface area contributed by atoms with Crippen LogP contribution < -0.4 is 15.8 Å². The van der Waals surface area contributed by atoms with E-state index < -0.39 is 0 Å². The Morgan fingerprint density at radius 3 is 2.53 bits per heavy atom. The number of benzene rings is 1. The van der Waals surface area contributed by atoms with Gasteiger partial charge in [-0.25, -0.2) is 0 Å². The number of hydrogen-bond donors (Lipinski definition) is 2. The number of ether oxygens (including phenoxy) is 1. The van der Waals surface area contributed by atoms with Gasteiger partial charge in [0, 0.05) is 6.04 Å². The van der Waals surface area contributed by atoms with Crippen LogP contribution in [0.4, 0.5) is 0 Å². The maximum absolute atomic E-state index is 5.83.